The second-order valence-corrected chi connectivity index (χ2v) is 5.18. The fourth-order valence-electron chi connectivity index (χ4n) is 2.12. The molecule has 1 aromatic carbocycles. The van der Waals surface area contributed by atoms with Gasteiger partial charge in [0.1, 0.15) is 18.2 Å². The van der Waals surface area contributed by atoms with Gasteiger partial charge in [-0.2, -0.15) is 0 Å². The summed E-state index contributed by atoms with van der Waals surface area (Å²) < 4.78 is 24.4. The third-order valence-corrected chi connectivity index (χ3v) is 3.34. The summed E-state index contributed by atoms with van der Waals surface area (Å²) in [5.41, 5.74) is 0.973. The van der Waals surface area contributed by atoms with Gasteiger partial charge in [-0.15, -0.1) is 0 Å². The SMILES string of the molecule is CC(C)c1cc(F)cc(OCCN2CCOCC2)c1. The maximum atomic E-state index is 13.5. The molecular weight excluding hydrogens is 245 g/mol. The molecule has 0 spiro atoms. The van der Waals surface area contributed by atoms with Gasteiger partial charge in [-0.05, 0) is 23.6 Å². The topological polar surface area (TPSA) is 21.7 Å². The molecule has 0 amide bonds. The molecule has 2 rings (SSSR count). The minimum atomic E-state index is -0.229. The zero-order valence-corrected chi connectivity index (χ0v) is 11.7. The third kappa shape index (κ3) is 4.48. The molecule has 1 aliphatic heterocycles. The Morgan fingerprint density at radius 2 is 2.00 bits per heavy atom. The van der Waals surface area contributed by atoms with Crippen molar-refractivity contribution in [1.82, 2.24) is 4.90 Å². The lowest BCUT2D eigenvalue weighted by Gasteiger charge is -2.26. The molecule has 1 aliphatic rings. The normalized spacial score (nSPS) is 16.8. The number of ether oxygens (including phenoxy) is 2. The molecule has 1 fully saturated rings. The lowest BCUT2D eigenvalue weighted by Crippen LogP contribution is -2.38. The monoisotopic (exact) mass is 267 g/mol. The largest absolute Gasteiger partial charge is 0.492 e. The number of halogens is 1. The summed E-state index contributed by atoms with van der Waals surface area (Å²) in [6, 6.07) is 4.94. The van der Waals surface area contributed by atoms with Crippen LogP contribution in [0.2, 0.25) is 0 Å². The number of nitrogens with zero attached hydrogens (tertiary/aromatic N) is 1. The highest BCUT2D eigenvalue weighted by Crippen LogP contribution is 2.22. The predicted molar refractivity (Wildman–Crippen MR) is 73.2 cm³/mol. The van der Waals surface area contributed by atoms with Crippen LogP contribution in [0.15, 0.2) is 18.2 Å². The number of benzene rings is 1. The zero-order chi connectivity index (χ0) is 13.7. The van der Waals surface area contributed by atoms with E-state index in [-0.39, 0.29) is 5.82 Å². The lowest BCUT2D eigenvalue weighted by atomic mass is 10.0. The molecule has 0 atom stereocenters. The summed E-state index contributed by atoms with van der Waals surface area (Å²) in [4.78, 5) is 2.30. The summed E-state index contributed by atoms with van der Waals surface area (Å²) in [6.45, 7) is 9.01. The van der Waals surface area contributed by atoms with Crippen LogP contribution >= 0.6 is 0 Å². The van der Waals surface area contributed by atoms with Gasteiger partial charge in [-0.25, -0.2) is 4.39 Å². The first-order chi connectivity index (χ1) is 9.15. The van der Waals surface area contributed by atoms with Crippen molar-refractivity contribution in [3.8, 4) is 5.75 Å². The maximum Gasteiger partial charge on any atom is 0.127 e. The van der Waals surface area contributed by atoms with Crippen molar-refractivity contribution in [2.24, 2.45) is 0 Å². The average molecular weight is 267 g/mol. The number of rotatable bonds is 5. The second-order valence-electron chi connectivity index (χ2n) is 5.18. The minimum Gasteiger partial charge on any atom is -0.492 e. The van der Waals surface area contributed by atoms with Crippen LogP contribution in [-0.4, -0.2) is 44.4 Å². The van der Waals surface area contributed by atoms with Gasteiger partial charge in [-0.3, -0.25) is 4.90 Å². The minimum absolute atomic E-state index is 0.229. The Balaban J connectivity index is 1.84. The molecular formula is C15H22FNO2. The lowest BCUT2D eigenvalue weighted by molar-refractivity contribution is 0.0322. The highest BCUT2D eigenvalue weighted by atomic mass is 19.1. The first-order valence-electron chi connectivity index (χ1n) is 6.88. The quantitative estimate of drug-likeness (QED) is 0.818. The predicted octanol–water partition coefficient (Wildman–Crippen LogP) is 2.66. The summed E-state index contributed by atoms with van der Waals surface area (Å²) in [5.74, 6) is 0.696. The van der Waals surface area contributed by atoms with Gasteiger partial charge >= 0.3 is 0 Å². The zero-order valence-electron chi connectivity index (χ0n) is 11.7. The van der Waals surface area contributed by atoms with Crippen LogP contribution in [-0.2, 0) is 4.74 Å². The molecule has 1 aromatic rings. The molecule has 1 saturated heterocycles. The van der Waals surface area contributed by atoms with Gasteiger partial charge in [-0.1, -0.05) is 13.8 Å². The van der Waals surface area contributed by atoms with E-state index in [0.29, 0.717) is 18.3 Å². The number of morpholine rings is 1. The first kappa shape index (κ1) is 14.3. The molecule has 4 heteroatoms. The summed E-state index contributed by atoms with van der Waals surface area (Å²) >= 11 is 0. The Morgan fingerprint density at radius 3 is 2.68 bits per heavy atom. The van der Waals surface area contributed by atoms with E-state index in [1.807, 2.05) is 19.9 Å². The van der Waals surface area contributed by atoms with Crippen molar-refractivity contribution in [3.63, 3.8) is 0 Å². The van der Waals surface area contributed by atoms with Crippen LogP contribution in [0.3, 0.4) is 0 Å². The summed E-state index contributed by atoms with van der Waals surface area (Å²) in [5, 5.41) is 0. The standard InChI is InChI=1S/C15H22FNO2/c1-12(2)13-9-14(16)11-15(10-13)19-8-5-17-3-6-18-7-4-17/h9-12H,3-8H2,1-2H3. The van der Waals surface area contributed by atoms with Crippen molar-refractivity contribution >= 4 is 0 Å². The van der Waals surface area contributed by atoms with Crippen molar-refractivity contribution in [1.29, 1.82) is 0 Å². The Bertz CT molecular complexity index is 403. The van der Waals surface area contributed by atoms with E-state index >= 15 is 0 Å². The highest BCUT2D eigenvalue weighted by molar-refractivity contribution is 5.31. The number of hydrogen-bond donors (Lipinski definition) is 0. The molecule has 0 unspecified atom stereocenters. The van der Waals surface area contributed by atoms with Crippen molar-refractivity contribution < 1.29 is 13.9 Å². The Labute approximate surface area is 114 Å². The van der Waals surface area contributed by atoms with E-state index in [9.17, 15) is 4.39 Å². The molecule has 0 N–H and O–H groups in total. The smallest absolute Gasteiger partial charge is 0.127 e. The molecule has 0 bridgehead atoms. The van der Waals surface area contributed by atoms with Crippen molar-refractivity contribution in [2.45, 2.75) is 19.8 Å². The molecule has 1 heterocycles. The van der Waals surface area contributed by atoms with Gasteiger partial charge in [0.25, 0.3) is 0 Å². The molecule has 19 heavy (non-hydrogen) atoms. The Morgan fingerprint density at radius 1 is 1.26 bits per heavy atom. The number of hydrogen-bond acceptors (Lipinski definition) is 3. The fraction of sp³-hybridized carbons (Fsp3) is 0.600. The molecule has 106 valence electrons. The van der Waals surface area contributed by atoms with Crippen LogP contribution in [0, 0.1) is 5.82 Å². The van der Waals surface area contributed by atoms with Crippen molar-refractivity contribution in [2.75, 3.05) is 39.5 Å². The summed E-state index contributed by atoms with van der Waals surface area (Å²) in [7, 11) is 0. The Hall–Kier alpha value is -1.13. The van der Waals surface area contributed by atoms with Gasteiger partial charge in [0.05, 0.1) is 13.2 Å². The van der Waals surface area contributed by atoms with Crippen LogP contribution < -0.4 is 4.74 Å². The van der Waals surface area contributed by atoms with Gasteiger partial charge < -0.3 is 9.47 Å². The molecule has 0 aromatic heterocycles. The van der Waals surface area contributed by atoms with E-state index < -0.39 is 0 Å². The van der Waals surface area contributed by atoms with E-state index in [4.69, 9.17) is 9.47 Å². The third-order valence-electron chi connectivity index (χ3n) is 3.34. The average Bonchev–Trinajstić information content (AvgIpc) is 2.39. The van der Waals surface area contributed by atoms with Crippen molar-refractivity contribution in [3.05, 3.63) is 29.6 Å². The van der Waals surface area contributed by atoms with Crippen LogP contribution in [0.4, 0.5) is 4.39 Å². The molecule has 0 aliphatic carbocycles. The molecule has 3 nitrogen and oxygen atoms in total. The van der Waals surface area contributed by atoms with E-state index in [1.165, 1.54) is 6.07 Å². The first-order valence-corrected chi connectivity index (χ1v) is 6.88. The fourth-order valence-corrected chi connectivity index (χ4v) is 2.12. The maximum absolute atomic E-state index is 13.5. The van der Waals surface area contributed by atoms with Gasteiger partial charge in [0.15, 0.2) is 0 Å². The molecule has 0 saturated carbocycles. The van der Waals surface area contributed by atoms with Crippen LogP contribution in [0.5, 0.6) is 5.75 Å². The van der Waals surface area contributed by atoms with E-state index in [1.54, 1.807) is 6.07 Å². The summed E-state index contributed by atoms with van der Waals surface area (Å²) in [6.07, 6.45) is 0. The van der Waals surface area contributed by atoms with Crippen LogP contribution in [0.1, 0.15) is 25.3 Å². The van der Waals surface area contributed by atoms with E-state index in [0.717, 1.165) is 38.4 Å². The van der Waals surface area contributed by atoms with Gasteiger partial charge in [0.2, 0.25) is 0 Å². The van der Waals surface area contributed by atoms with Gasteiger partial charge in [0, 0.05) is 25.7 Å². The van der Waals surface area contributed by atoms with E-state index in [2.05, 4.69) is 4.90 Å². The Kier molecular flexibility index (Phi) is 5.16. The van der Waals surface area contributed by atoms with Crippen LogP contribution in [0.25, 0.3) is 0 Å². The second kappa shape index (κ2) is 6.87. The highest BCUT2D eigenvalue weighted by Gasteiger charge is 2.10. The molecule has 0 radical (unpaired) electrons.